The number of hydrogen-bond acceptors (Lipinski definition) is 7. The molecule has 2 atom stereocenters. The first-order chi connectivity index (χ1) is 13.5. The van der Waals surface area contributed by atoms with Gasteiger partial charge in [-0.1, -0.05) is 25.0 Å². The number of nitrogens with two attached hydrogens (primary N) is 2. The minimum absolute atomic E-state index is 0.0150. The zero-order chi connectivity index (χ0) is 19.7. The SMILES string of the molecule is Cc1c[nH]c2c(Nc3nc(N[C@@H]4CCCC[C@@H]4N)nnc3C(N)=O)cccc12. The molecule has 0 unspecified atom stereocenters. The predicted octanol–water partition coefficient (Wildman–Crippen LogP) is 2.19. The monoisotopic (exact) mass is 380 g/mol. The van der Waals surface area contributed by atoms with Crippen LogP contribution < -0.4 is 22.1 Å². The second-order valence-corrected chi connectivity index (χ2v) is 7.22. The summed E-state index contributed by atoms with van der Waals surface area (Å²) in [6.07, 6.45) is 6.08. The molecule has 2 aromatic heterocycles. The maximum Gasteiger partial charge on any atom is 0.273 e. The van der Waals surface area contributed by atoms with Gasteiger partial charge < -0.3 is 27.1 Å². The van der Waals surface area contributed by atoms with Gasteiger partial charge in [0.25, 0.3) is 5.91 Å². The van der Waals surface area contributed by atoms with Crippen LogP contribution in [0.25, 0.3) is 10.9 Å². The molecule has 9 nitrogen and oxygen atoms in total. The van der Waals surface area contributed by atoms with E-state index in [4.69, 9.17) is 11.5 Å². The van der Waals surface area contributed by atoms with Crippen molar-refractivity contribution in [2.45, 2.75) is 44.7 Å². The van der Waals surface area contributed by atoms with Crippen LogP contribution in [0.2, 0.25) is 0 Å². The van der Waals surface area contributed by atoms with Gasteiger partial charge in [-0.25, -0.2) is 0 Å². The van der Waals surface area contributed by atoms with Gasteiger partial charge >= 0.3 is 0 Å². The van der Waals surface area contributed by atoms with E-state index in [1.165, 1.54) is 0 Å². The Balaban J connectivity index is 1.67. The first kappa shape index (κ1) is 18.2. The summed E-state index contributed by atoms with van der Waals surface area (Å²) in [5, 5.41) is 15.5. The van der Waals surface area contributed by atoms with Gasteiger partial charge in [0.15, 0.2) is 11.5 Å². The molecule has 0 aliphatic heterocycles. The van der Waals surface area contributed by atoms with Crippen LogP contribution in [0.1, 0.15) is 41.7 Å². The Morgan fingerprint density at radius 2 is 2.07 bits per heavy atom. The second-order valence-electron chi connectivity index (χ2n) is 7.22. The zero-order valence-corrected chi connectivity index (χ0v) is 15.7. The van der Waals surface area contributed by atoms with E-state index < -0.39 is 5.91 Å². The Morgan fingerprint density at radius 3 is 2.86 bits per heavy atom. The van der Waals surface area contributed by atoms with Gasteiger partial charge in [0, 0.05) is 23.7 Å². The molecule has 28 heavy (non-hydrogen) atoms. The number of H-pyrrole nitrogens is 1. The third-order valence-electron chi connectivity index (χ3n) is 5.23. The molecule has 7 N–H and O–H groups in total. The summed E-state index contributed by atoms with van der Waals surface area (Å²) in [6, 6.07) is 5.98. The van der Waals surface area contributed by atoms with Crippen molar-refractivity contribution >= 4 is 34.3 Å². The lowest BCUT2D eigenvalue weighted by Gasteiger charge is -2.29. The minimum atomic E-state index is -0.696. The van der Waals surface area contributed by atoms with Crippen LogP contribution in [0.15, 0.2) is 24.4 Å². The summed E-state index contributed by atoms with van der Waals surface area (Å²) < 4.78 is 0. The van der Waals surface area contributed by atoms with Gasteiger partial charge in [-0.05, 0) is 31.4 Å². The number of carbonyl (C=O) groups excluding carboxylic acids is 1. The molecule has 0 spiro atoms. The lowest BCUT2D eigenvalue weighted by Crippen LogP contribution is -2.43. The molecule has 0 bridgehead atoms. The van der Waals surface area contributed by atoms with Gasteiger partial charge in [-0.15, -0.1) is 10.2 Å². The molecule has 4 rings (SSSR count). The van der Waals surface area contributed by atoms with Crippen LogP contribution in [0.3, 0.4) is 0 Å². The topological polar surface area (TPSA) is 148 Å². The molecule has 2 heterocycles. The number of benzene rings is 1. The first-order valence-electron chi connectivity index (χ1n) is 9.43. The highest BCUT2D eigenvalue weighted by atomic mass is 16.1. The van der Waals surface area contributed by atoms with Crippen LogP contribution in [-0.2, 0) is 0 Å². The number of nitrogens with one attached hydrogen (secondary N) is 3. The maximum atomic E-state index is 11.8. The Bertz CT molecular complexity index is 1010. The summed E-state index contributed by atoms with van der Waals surface area (Å²) in [6.45, 7) is 2.03. The number of aromatic amines is 1. The number of aromatic nitrogens is 4. The number of para-hydroxylation sites is 1. The summed E-state index contributed by atoms with van der Waals surface area (Å²) in [5.74, 6) is -0.114. The van der Waals surface area contributed by atoms with Crippen molar-refractivity contribution in [1.82, 2.24) is 20.2 Å². The van der Waals surface area contributed by atoms with Gasteiger partial charge in [0.05, 0.1) is 11.2 Å². The molecular weight excluding hydrogens is 356 g/mol. The summed E-state index contributed by atoms with van der Waals surface area (Å²) >= 11 is 0. The quantitative estimate of drug-likeness (QED) is 0.455. The van der Waals surface area contributed by atoms with E-state index >= 15 is 0 Å². The summed E-state index contributed by atoms with van der Waals surface area (Å²) in [4.78, 5) is 19.5. The van der Waals surface area contributed by atoms with E-state index in [-0.39, 0.29) is 23.6 Å². The summed E-state index contributed by atoms with van der Waals surface area (Å²) in [5.41, 5.74) is 14.5. The summed E-state index contributed by atoms with van der Waals surface area (Å²) in [7, 11) is 0. The highest BCUT2D eigenvalue weighted by molar-refractivity contribution is 5.99. The van der Waals surface area contributed by atoms with Crippen molar-refractivity contribution in [2.24, 2.45) is 11.5 Å². The number of aryl methyl sites for hydroxylation is 1. The lowest BCUT2D eigenvalue weighted by molar-refractivity contribution is 0.0995. The van der Waals surface area contributed by atoms with Gasteiger partial charge in [0.2, 0.25) is 5.95 Å². The van der Waals surface area contributed by atoms with Crippen molar-refractivity contribution in [1.29, 1.82) is 0 Å². The van der Waals surface area contributed by atoms with Crippen LogP contribution in [0, 0.1) is 6.92 Å². The maximum absolute atomic E-state index is 11.8. The number of primary amides is 1. The van der Waals surface area contributed by atoms with E-state index in [2.05, 4.69) is 30.8 Å². The van der Waals surface area contributed by atoms with E-state index in [9.17, 15) is 4.79 Å². The van der Waals surface area contributed by atoms with Gasteiger partial charge in [0.1, 0.15) is 0 Å². The average molecular weight is 380 g/mol. The molecule has 1 saturated carbocycles. The smallest absolute Gasteiger partial charge is 0.273 e. The molecule has 0 radical (unpaired) electrons. The average Bonchev–Trinajstić information content (AvgIpc) is 3.06. The molecule has 1 aromatic carbocycles. The van der Waals surface area contributed by atoms with E-state index in [1.807, 2.05) is 31.3 Å². The van der Waals surface area contributed by atoms with Crippen molar-refractivity contribution < 1.29 is 4.79 Å². The molecule has 3 aromatic rings. The van der Waals surface area contributed by atoms with E-state index in [0.717, 1.165) is 47.8 Å². The van der Waals surface area contributed by atoms with Gasteiger partial charge in [-0.3, -0.25) is 4.79 Å². The van der Waals surface area contributed by atoms with Crippen LogP contribution >= 0.6 is 0 Å². The third-order valence-corrected chi connectivity index (χ3v) is 5.23. The Morgan fingerprint density at radius 1 is 1.25 bits per heavy atom. The largest absolute Gasteiger partial charge is 0.364 e. The number of nitrogens with zero attached hydrogens (tertiary/aromatic N) is 3. The van der Waals surface area contributed by atoms with E-state index in [0.29, 0.717) is 5.95 Å². The Kier molecular flexibility index (Phi) is 4.82. The van der Waals surface area contributed by atoms with Crippen LogP contribution in [0.5, 0.6) is 0 Å². The molecule has 0 saturated heterocycles. The van der Waals surface area contributed by atoms with Crippen LogP contribution in [0.4, 0.5) is 17.5 Å². The normalized spacial score (nSPS) is 19.5. The molecule has 1 amide bonds. The van der Waals surface area contributed by atoms with Crippen molar-refractivity contribution in [3.05, 3.63) is 35.7 Å². The molecule has 1 fully saturated rings. The number of amides is 1. The Labute approximate surface area is 162 Å². The van der Waals surface area contributed by atoms with Crippen molar-refractivity contribution in [3.8, 4) is 0 Å². The minimum Gasteiger partial charge on any atom is -0.364 e. The van der Waals surface area contributed by atoms with Crippen LogP contribution in [-0.4, -0.2) is 38.2 Å². The van der Waals surface area contributed by atoms with Crippen molar-refractivity contribution in [3.63, 3.8) is 0 Å². The Hall–Kier alpha value is -3.20. The first-order valence-corrected chi connectivity index (χ1v) is 9.43. The molecule has 146 valence electrons. The molecular formula is C19H24N8O. The predicted molar refractivity (Wildman–Crippen MR) is 109 cm³/mol. The molecule has 9 heteroatoms. The molecule has 1 aliphatic rings. The van der Waals surface area contributed by atoms with Gasteiger partial charge in [-0.2, -0.15) is 4.98 Å². The fraction of sp³-hybridized carbons (Fsp3) is 0.368. The highest BCUT2D eigenvalue weighted by Crippen LogP contribution is 2.28. The van der Waals surface area contributed by atoms with E-state index in [1.54, 1.807) is 0 Å². The molecule has 1 aliphatic carbocycles. The number of hydrogen-bond donors (Lipinski definition) is 5. The highest BCUT2D eigenvalue weighted by Gasteiger charge is 2.23. The number of anilines is 3. The number of fused-ring (bicyclic) bond motifs is 1. The zero-order valence-electron chi connectivity index (χ0n) is 15.7. The second kappa shape index (κ2) is 7.43. The fourth-order valence-electron chi connectivity index (χ4n) is 3.67. The standard InChI is InChI=1S/C19H24N8O/c1-10-9-22-15-11(10)5-4-8-14(15)23-18-16(17(21)28)26-27-19(25-18)24-13-7-3-2-6-12(13)20/h4-5,8-9,12-13,22H,2-3,6-7,20H2,1H3,(H2,21,28)(H2,23,24,25,27)/t12-,13+/m0/s1. The lowest BCUT2D eigenvalue weighted by atomic mass is 9.91. The van der Waals surface area contributed by atoms with Crippen molar-refractivity contribution in [2.75, 3.05) is 10.6 Å². The number of rotatable bonds is 5. The fourth-order valence-corrected chi connectivity index (χ4v) is 3.67. The third kappa shape index (κ3) is 3.48. The number of carbonyl (C=O) groups is 1.